The van der Waals surface area contributed by atoms with E-state index in [4.69, 9.17) is 9.47 Å². The van der Waals surface area contributed by atoms with Crippen molar-refractivity contribution in [3.8, 4) is 11.6 Å². The van der Waals surface area contributed by atoms with Crippen LogP contribution < -0.4 is 9.64 Å². The Balaban J connectivity index is 1.46. The van der Waals surface area contributed by atoms with Gasteiger partial charge >= 0.3 is 6.18 Å². The monoisotopic (exact) mass is 476 g/mol. The molecule has 0 amide bonds. The Kier molecular flexibility index (Phi) is 5.39. The number of nitrogens with zero attached hydrogens (tertiary/aromatic N) is 6. The summed E-state index contributed by atoms with van der Waals surface area (Å²) in [5.74, 6) is 0.813. The first-order valence-corrected chi connectivity index (χ1v) is 10.4. The average molecular weight is 476 g/mol. The van der Waals surface area contributed by atoms with E-state index in [0.717, 1.165) is 12.3 Å². The summed E-state index contributed by atoms with van der Waals surface area (Å²) in [5, 5.41) is 8.34. The summed E-state index contributed by atoms with van der Waals surface area (Å²) in [6.07, 6.45) is -1.91. The van der Waals surface area contributed by atoms with Crippen LogP contribution in [0, 0.1) is 5.82 Å². The fourth-order valence-electron chi connectivity index (χ4n) is 4.17. The van der Waals surface area contributed by atoms with Crippen molar-refractivity contribution in [1.82, 2.24) is 24.3 Å². The largest absolute Gasteiger partial charge is 0.481 e. The number of benzene rings is 1. The van der Waals surface area contributed by atoms with Gasteiger partial charge in [-0.3, -0.25) is 4.57 Å². The Morgan fingerprint density at radius 1 is 1.09 bits per heavy atom. The lowest BCUT2D eigenvalue weighted by Crippen LogP contribution is -2.48. The number of hydrogen-bond donors (Lipinski definition) is 0. The Bertz CT molecular complexity index is 1330. The molecule has 1 aliphatic rings. The van der Waals surface area contributed by atoms with Crippen molar-refractivity contribution >= 4 is 16.9 Å². The first-order valence-electron chi connectivity index (χ1n) is 10.4. The highest BCUT2D eigenvalue weighted by Gasteiger charge is 2.38. The quantitative estimate of drug-likeness (QED) is 0.392. The number of aromatic nitrogens is 5. The van der Waals surface area contributed by atoms with Crippen LogP contribution in [0.2, 0.25) is 0 Å². The van der Waals surface area contributed by atoms with Crippen molar-refractivity contribution in [2.24, 2.45) is 0 Å². The molecule has 1 aromatic carbocycles. The fraction of sp³-hybridized carbons (Fsp3) is 0.318. The Hall–Kier alpha value is -3.67. The number of rotatable bonds is 6. The lowest BCUT2D eigenvalue weighted by Gasteiger charge is -2.41. The van der Waals surface area contributed by atoms with E-state index < -0.39 is 17.6 Å². The number of alkyl halides is 3. The number of fused-ring (bicyclic) bond motifs is 1. The van der Waals surface area contributed by atoms with Crippen LogP contribution >= 0.6 is 0 Å². The van der Waals surface area contributed by atoms with Crippen molar-refractivity contribution < 1.29 is 27.0 Å². The molecule has 8 nitrogen and oxygen atoms in total. The van der Waals surface area contributed by atoms with E-state index in [1.807, 2.05) is 4.90 Å². The minimum Gasteiger partial charge on any atom is -0.481 e. The van der Waals surface area contributed by atoms with Crippen LogP contribution in [-0.4, -0.2) is 51.6 Å². The van der Waals surface area contributed by atoms with Gasteiger partial charge in [0.2, 0.25) is 11.8 Å². The fourth-order valence-corrected chi connectivity index (χ4v) is 4.17. The highest BCUT2D eigenvalue weighted by atomic mass is 19.4. The molecule has 0 atom stereocenters. The van der Waals surface area contributed by atoms with Gasteiger partial charge < -0.3 is 18.9 Å². The van der Waals surface area contributed by atoms with Gasteiger partial charge in [-0.25, -0.2) is 9.37 Å². The molecule has 0 radical (unpaired) electrons. The molecule has 1 fully saturated rings. The van der Waals surface area contributed by atoms with Crippen LogP contribution in [-0.2, 0) is 17.5 Å². The van der Waals surface area contributed by atoms with E-state index in [2.05, 4.69) is 15.2 Å². The summed E-state index contributed by atoms with van der Waals surface area (Å²) < 4.78 is 68.1. The van der Waals surface area contributed by atoms with Crippen molar-refractivity contribution in [2.45, 2.75) is 18.8 Å². The van der Waals surface area contributed by atoms with E-state index in [1.165, 1.54) is 19.2 Å². The molecule has 1 saturated heterocycles. The van der Waals surface area contributed by atoms with Gasteiger partial charge in [-0.1, -0.05) is 0 Å². The van der Waals surface area contributed by atoms with Crippen LogP contribution in [0.1, 0.15) is 17.4 Å². The zero-order chi connectivity index (χ0) is 24.0. The molecule has 5 rings (SSSR count). The van der Waals surface area contributed by atoms with Crippen molar-refractivity contribution in [1.29, 1.82) is 0 Å². The molecule has 0 bridgehead atoms. The maximum atomic E-state index is 13.7. The van der Waals surface area contributed by atoms with Gasteiger partial charge in [-0.05, 0) is 24.3 Å². The highest BCUT2D eigenvalue weighted by molar-refractivity contribution is 5.85. The minimum atomic E-state index is -4.59. The summed E-state index contributed by atoms with van der Waals surface area (Å²) in [6, 6.07) is 6.73. The molecule has 1 aliphatic heterocycles. The van der Waals surface area contributed by atoms with Gasteiger partial charge in [0.25, 0.3) is 0 Å². The first kappa shape index (κ1) is 22.1. The van der Waals surface area contributed by atoms with E-state index in [-0.39, 0.29) is 18.0 Å². The molecule has 178 valence electrons. The Morgan fingerprint density at radius 2 is 1.88 bits per heavy atom. The smallest absolute Gasteiger partial charge is 0.418 e. The highest BCUT2D eigenvalue weighted by Crippen LogP contribution is 2.39. The molecule has 4 aromatic rings. The van der Waals surface area contributed by atoms with Gasteiger partial charge in [-0.2, -0.15) is 13.2 Å². The molecule has 0 N–H and O–H groups in total. The van der Waals surface area contributed by atoms with Crippen molar-refractivity contribution in [3.63, 3.8) is 0 Å². The molecule has 4 heterocycles. The summed E-state index contributed by atoms with van der Waals surface area (Å²) in [5.41, 5.74) is 0.173. The first-order chi connectivity index (χ1) is 16.3. The molecule has 12 heteroatoms. The predicted molar refractivity (Wildman–Crippen MR) is 115 cm³/mol. The van der Waals surface area contributed by atoms with Crippen LogP contribution in [0.3, 0.4) is 0 Å². The van der Waals surface area contributed by atoms with E-state index in [1.54, 1.807) is 34.6 Å². The summed E-state index contributed by atoms with van der Waals surface area (Å²) in [4.78, 5) is 6.14. The van der Waals surface area contributed by atoms with Crippen LogP contribution in [0.4, 0.5) is 23.5 Å². The maximum absolute atomic E-state index is 13.7. The van der Waals surface area contributed by atoms with E-state index in [9.17, 15) is 17.6 Å². The Morgan fingerprint density at radius 3 is 2.53 bits per heavy atom. The second kappa shape index (κ2) is 8.28. The van der Waals surface area contributed by atoms with Gasteiger partial charge in [-0.15, -0.1) is 10.2 Å². The lowest BCUT2D eigenvalue weighted by atomic mass is 10.1. The lowest BCUT2D eigenvalue weighted by molar-refractivity contribution is -0.136. The van der Waals surface area contributed by atoms with Crippen LogP contribution in [0.15, 0.2) is 42.7 Å². The summed E-state index contributed by atoms with van der Waals surface area (Å²) in [6.45, 7) is 0.999. The van der Waals surface area contributed by atoms with E-state index in [0.29, 0.717) is 41.9 Å². The SMILES string of the molecule is COCc1nnc(N2CC(n3cc(C(F)(F)F)c4cc(F)ccc43)C2)n1-c1ccc(OC)nc1. The molecule has 0 aliphatic carbocycles. The number of methoxy groups -OCH3 is 2. The Labute approximate surface area is 191 Å². The molecule has 0 saturated carbocycles. The van der Waals surface area contributed by atoms with Crippen molar-refractivity contribution in [3.05, 3.63) is 59.9 Å². The third-order valence-corrected chi connectivity index (χ3v) is 5.81. The maximum Gasteiger partial charge on any atom is 0.418 e. The van der Waals surface area contributed by atoms with E-state index >= 15 is 0 Å². The molecule has 3 aromatic heterocycles. The molecule has 0 unspecified atom stereocenters. The van der Waals surface area contributed by atoms with Gasteiger partial charge in [0.15, 0.2) is 5.82 Å². The van der Waals surface area contributed by atoms with Gasteiger partial charge in [0.05, 0.1) is 30.6 Å². The minimum absolute atomic E-state index is 0.152. The van der Waals surface area contributed by atoms with Gasteiger partial charge in [0, 0.05) is 43.4 Å². The predicted octanol–water partition coefficient (Wildman–Crippen LogP) is 3.99. The standard InChI is InChI=1S/C22H20F4N6O2/c1-33-12-19-28-29-21(32(19)14-4-6-20(34-2)27-8-14)30-9-15(10-30)31-11-17(22(24,25)26)16-7-13(23)3-5-18(16)31/h3-8,11,15H,9-10,12H2,1-2H3. The van der Waals surface area contributed by atoms with Crippen LogP contribution in [0.25, 0.3) is 16.6 Å². The summed E-state index contributed by atoms with van der Waals surface area (Å²) in [7, 11) is 3.06. The average Bonchev–Trinajstić information content (AvgIpc) is 3.35. The zero-order valence-corrected chi connectivity index (χ0v) is 18.3. The molecule has 0 spiro atoms. The number of pyridine rings is 1. The van der Waals surface area contributed by atoms with Crippen molar-refractivity contribution in [2.75, 3.05) is 32.2 Å². The molecule has 34 heavy (non-hydrogen) atoms. The second-order valence-corrected chi connectivity index (χ2v) is 7.91. The third kappa shape index (κ3) is 3.73. The topological polar surface area (TPSA) is 70.2 Å². The van der Waals surface area contributed by atoms with Crippen LogP contribution in [0.5, 0.6) is 5.88 Å². The third-order valence-electron chi connectivity index (χ3n) is 5.81. The summed E-state index contributed by atoms with van der Waals surface area (Å²) >= 11 is 0. The molecular weight excluding hydrogens is 456 g/mol. The number of hydrogen-bond acceptors (Lipinski definition) is 6. The zero-order valence-electron chi connectivity index (χ0n) is 18.3. The number of halogens is 4. The molecular formula is C22H20F4N6O2. The second-order valence-electron chi connectivity index (χ2n) is 7.91. The number of ether oxygens (including phenoxy) is 2. The normalized spacial score (nSPS) is 14.6. The van der Waals surface area contributed by atoms with Gasteiger partial charge in [0.1, 0.15) is 12.4 Å². The number of anilines is 1.